The van der Waals surface area contributed by atoms with Crippen molar-refractivity contribution in [2.24, 2.45) is 0 Å². The van der Waals surface area contributed by atoms with Gasteiger partial charge in [-0.15, -0.1) is 0 Å². The second kappa shape index (κ2) is 6.41. The maximum absolute atomic E-state index is 12.1. The zero-order chi connectivity index (χ0) is 17.5. The average molecular weight is 362 g/mol. The van der Waals surface area contributed by atoms with Crippen molar-refractivity contribution in [1.29, 1.82) is 0 Å². The molecular formula is C13H18N2O8S. The van der Waals surface area contributed by atoms with Crippen LogP contribution in [0.3, 0.4) is 0 Å². The molecule has 0 amide bonds. The van der Waals surface area contributed by atoms with Gasteiger partial charge in [-0.05, 0) is 6.92 Å². The van der Waals surface area contributed by atoms with E-state index in [0.717, 1.165) is 6.26 Å². The summed E-state index contributed by atoms with van der Waals surface area (Å²) < 4.78 is 46.4. The third-order valence-electron chi connectivity index (χ3n) is 3.89. The van der Waals surface area contributed by atoms with Gasteiger partial charge in [0, 0.05) is 12.3 Å². The largest absolute Gasteiger partial charge is 0.371 e. The van der Waals surface area contributed by atoms with E-state index in [0.29, 0.717) is 0 Å². The SMILES string of the molecule is CC1OCC2OCC(n3ccc(=O)[nH]c3=O)C(OS(C)(=O)=O)C2O1. The van der Waals surface area contributed by atoms with Crippen molar-refractivity contribution >= 4 is 10.1 Å². The summed E-state index contributed by atoms with van der Waals surface area (Å²) in [5.41, 5.74) is -1.24. The van der Waals surface area contributed by atoms with Crippen LogP contribution in [0.15, 0.2) is 21.9 Å². The van der Waals surface area contributed by atoms with E-state index in [4.69, 9.17) is 18.4 Å². The van der Waals surface area contributed by atoms with E-state index in [2.05, 4.69) is 4.98 Å². The first-order valence-corrected chi connectivity index (χ1v) is 9.14. The van der Waals surface area contributed by atoms with Crippen LogP contribution >= 0.6 is 0 Å². The minimum absolute atomic E-state index is 0.00834. The highest BCUT2D eigenvalue weighted by Crippen LogP contribution is 2.32. The molecule has 0 spiro atoms. The van der Waals surface area contributed by atoms with Crippen molar-refractivity contribution in [3.8, 4) is 0 Å². The molecule has 134 valence electrons. The average Bonchev–Trinajstić information content (AvgIpc) is 2.47. The third kappa shape index (κ3) is 3.59. The molecule has 2 aliphatic heterocycles. The van der Waals surface area contributed by atoms with Gasteiger partial charge in [-0.2, -0.15) is 8.42 Å². The van der Waals surface area contributed by atoms with Crippen LogP contribution in [0.4, 0.5) is 0 Å². The van der Waals surface area contributed by atoms with Gasteiger partial charge in [0.15, 0.2) is 6.29 Å². The zero-order valence-electron chi connectivity index (χ0n) is 13.1. The number of nitrogens with zero attached hydrogens (tertiary/aromatic N) is 1. The number of aromatic amines is 1. The molecule has 2 fully saturated rings. The number of nitrogens with one attached hydrogen (secondary N) is 1. The van der Waals surface area contributed by atoms with Crippen LogP contribution in [0, 0.1) is 0 Å². The van der Waals surface area contributed by atoms with E-state index in [1.807, 2.05) is 0 Å². The second-order valence-corrected chi connectivity index (χ2v) is 7.32. The predicted octanol–water partition coefficient (Wildman–Crippen LogP) is -1.42. The molecule has 11 heteroatoms. The quantitative estimate of drug-likeness (QED) is 0.650. The summed E-state index contributed by atoms with van der Waals surface area (Å²) in [4.78, 5) is 25.4. The van der Waals surface area contributed by atoms with Crippen molar-refractivity contribution in [2.45, 2.75) is 37.6 Å². The summed E-state index contributed by atoms with van der Waals surface area (Å²) in [5, 5.41) is 0. The van der Waals surface area contributed by atoms with Crippen LogP contribution in [-0.4, -0.2) is 62.0 Å². The van der Waals surface area contributed by atoms with Gasteiger partial charge < -0.3 is 14.2 Å². The summed E-state index contributed by atoms with van der Waals surface area (Å²) in [6, 6.07) is 0.383. The third-order valence-corrected chi connectivity index (χ3v) is 4.46. The van der Waals surface area contributed by atoms with Crippen LogP contribution < -0.4 is 11.2 Å². The topological polar surface area (TPSA) is 126 Å². The number of ether oxygens (including phenoxy) is 3. The van der Waals surface area contributed by atoms with E-state index in [1.54, 1.807) is 6.92 Å². The molecule has 2 aliphatic rings. The monoisotopic (exact) mass is 362 g/mol. The summed E-state index contributed by atoms with van der Waals surface area (Å²) in [6.45, 7) is 1.90. The van der Waals surface area contributed by atoms with Gasteiger partial charge in [0.1, 0.15) is 18.3 Å². The fourth-order valence-electron chi connectivity index (χ4n) is 2.89. The lowest BCUT2D eigenvalue weighted by atomic mass is 9.97. The molecule has 5 atom stereocenters. The van der Waals surface area contributed by atoms with E-state index in [-0.39, 0.29) is 13.2 Å². The van der Waals surface area contributed by atoms with Gasteiger partial charge in [0.2, 0.25) is 0 Å². The number of fused-ring (bicyclic) bond motifs is 1. The number of aromatic nitrogens is 2. The Morgan fingerprint density at radius 2 is 2.04 bits per heavy atom. The normalized spacial score (nSPS) is 33.8. The molecule has 1 N–H and O–H groups in total. The lowest BCUT2D eigenvalue weighted by Crippen LogP contribution is -2.59. The zero-order valence-corrected chi connectivity index (χ0v) is 13.9. The minimum Gasteiger partial charge on any atom is -0.371 e. The molecule has 0 aromatic carbocycles. The predicted molar refractivity (Wildman–Crippen MR) is 80.1 cm³/mol. The van der Waals surface area contributed by atoms with Gasteiger partial charge in [-0.1, -0.05) is 0 Å². The molecule has 1 aromatic heterocycles. The van der Waals surface area contributed by atoms with Crippen LogP contribution in [-0.2, 0) is 28.5 Å². The van der Waals surface area contributed by atoms with Crippen molar-refractivity contribution in [1.82, 2.24) is 9.55 Å². The fraction of sp³-hybridized carbons (Fsp3) is 0.692. The number of rotatable bonds is 3. The molecule has 1 aromatic rings. The van der Waals surface area contributed by atoms with Crippen LogP contribution in [0.2, 0.25) is 0 Å². The Labute approximate surface area is 137 Å². The standard InChI is InChI=1S/C13H18N2O8S/c1-7-20-6-9-12(22-7)11(23-24(2,18)19)8(5-21-9)15-4-3-10(16)14-13(15)17/h3-4,7-9,11-12H,5-6H2,1-2H3,(H,14,16,17). The number of hydrogen-bond acceptors (Lipinski definition) is 8. The molecule has 0 aliphatic carbocycles. The first-order chi connectivity index (χ1) is 11.2. The van der Waals surface area contributed by atoms with Crippen LogP contribution in [0.25, 0.3) is 0 Å². The molecule has 24 heavy (non-hydrogen) atoms. The molecule has 2 saturated heterocycles. The molecule has 10 nitrogen and oxygen atoms in total. The summed E-state index contributed by atoms with van der Waals surface area (Å²) in [5.74, 6) is 0. The maximum Gasteiger partial charge on any atom is 0.328 e. The van der Waals surface area contributed by atoms with Crippen LogP contribution in [0.5, 0.6) is 0 Å². The Kier molecular flexibility index (Phi) is 4.62. The highest BCUT2D eigenvalue weighted by molar-refractivity contribution is 7.86. The van der Waals surface area contributed by atoms with E-state index in [1.165, 1.54) is 16.8 Å². The van der Waals surface area contributed by atoms with Gasteiger partial charge >= 0.3 is 5.69 Å². The van der Waals surface area contributed by atoms with E-state index >= 15 is 0 Å². The molecule has 0 saturated carbocycles. The van der Waals surface area contributed by atoms with Crippen molar-refractivity contribution in [3.63, 3.8) is 0 Å². The molecule has 0 bridgehead atoms. The fourth-order valence-corrected chi connectivity index (χ4v) is 3.53. The van der Waals surface area contributed by atoms with Gasteiger partial charge in [0.25, 0.3) is 15.7 Å². The minimum atomic E-state index is -3.82. The smallest absolute Gasteiger partial charge is 0.328 e. The van der Waals surface area contributed by atoms with Gasteiger partial charge in [-0.25, -0.2) is 4.79 Å². The first kappa shape index (κ1) is 17.3. The highest BCUT2D eigenvalue weighted by atomic mass is 32.2. The van der Waals surface area contributed by atoms with Gasteiger partial charge in [-0.3, -0.25) is 18.5 Å². The van der Waals surface area contributed by atoms with Crippen LogP contribution in [0.1, 0.15) is 13.0 Å². The number of H-pyrrole nitrogens is 1. The summed E-state index contributed by atoms with van der Waals surface area (Å²) >= 11 is 0. The summed E-state index contributed by atoms with van der Waals surface area (Å²) in [6.07, 6.45) is -0.604. The van der Waals surface area contributed by atoms with E-state index in [9.17, 15) is 18.0 Å². The Balaban J connectivity index is 2.00. The lowest BCUT2D eigenvalue weighted by molar-refractivity contribution is -0.293. The molecule has 3 rings (SSSR count). The summed E-state index contributed by atoms with van der Waals surface area (Å²) in [7, 11) is -3.82. The second-order valence-electron chi connectivity index (χ2n) is 5.72. The number of hydrogen-bond donors (Lipinski definition) is 1. The molecular weight excluding hydrogens is 344 g/mol. The molecule has 0 radical (unpaired) electrons. The van der Waals surface area contributed by atoms with Crippen molar-refractivity contribution < 1.29 is 26.8 Å². The van der Waals surface area contributed by atoms with Crippen molar-refractivity contribution in [2.75, 3.05) is 19.5 Å². The Bertz CT molecular complexity index is 816. The van der Waals surface area contributed by atoms with Crippen molar-refractivity contribution in [3.05, 3.63) is 33.1 Å². The molecule has 5 unspecified atom stereocenters. The maximum atomic E-state index is 12.1. The van der Waals surface area contributed by atoms with Gasteiger partial charge in [0.05, 0.1) is 25.5 Å². The molecule has 3 heterocycles. The first-order valence-electron chi connectivity index (χ1n) is 7.33. The lowest BCUT2D eigenvalue weighted by Gasteiger charge is -2.45. The van der Waals surface area contributed by atoms with E-state index < -0.39 is 52.0 Å². The Morgan fingerprint density at radius 1 is 1.29 bits per heavy atom. The highest BCUT2D eigenvalue weighted by Gasteiger charge is 2.48. The Morgan fingerprint density at radius 3 is 2.71 bits per heavy atom. The Hall–Kier alpha value is -1.53.